The molecule has 0 aromatic carbocycles. The number of methoxy groups -OCH3 is 1. The van der Waals surface area contributed by atoms with Gasteiger partial charge in [0.25, 0.3) is 5.91 Å². The van der Waals surface area contributed by atoms with Crippen molar-refractivity contribution in [1.29, 1.82) is 0 Å². The molecule has 0 spiro atoms. The van der Waals surface area contributed by atoms with Crippen LogP contribution in [0.4, 0.5) is 4.79 Å². The van der Waals surface area contributed by atoms with Crippen LogP contribution >= 0.6 is 0 Å². The number of amides is 3. The van der Waals surface area contributed by atoms with Gasteiger partial charge in [-0.25, -0.2) is 14.4 Å². The quantitative estimate of drug-likeness (QED) is 0.0704. The van der Waals surface area contributed by atoms with E-state index in [1.165, 1.54) is 20.0 Å². The minimum atomic E-state index is -2.42. The van der Waals surface area contributed by atoms with Crippen molar-refractivity contribution < 1.29 is 59.0 Å². The first kappa shape index (κ1) is 47.4. The number of esters is 1. The van der Waals surface area contributed by atoms with Crippen molar-refractivity contribution in [1.82, 2.24) is 16.0 Å². The lowest BCUT2D eigenvalue weighted by atomic mass is 10.0. The highest BCUT2D eigenvalue weighted by Gasteiger charge is 2.37. The Labute approximate surface area is 272 Å². The van der Waals surface area contributed by atoms with E-state index < -0.39 is 71.9 Å². The lowest BCUT2D eigenvalue weighted by Crippen LogP contribution is -2.53. The van der Waals surface area contributed by atoms with Crippen LogP contribution in [-0.4, -0.2) is 118 Å². The second kappa shape index (κ2) is 27.1. The normalized spacial score (nSPS) is 14.6. The Hall–Kier alpha value is -3.05. The third-order valence-corrected chi connectivity index (χ3v) is 5.49. The summed E-state index contributed by atoms with van der Waals surface area (Å²) in [6.45, 7) is 13.8. The predicted molar refractivity (Wildman–Crippen MR) is 170 cm³/mol. The van der Waals surface area contributed by atoms with E-state index in [0.717, 1.165) is 0 Å². The highest BCUT2D eigenvalue weighted by molar-refractivity contribution is 5.89. The maximum atomic E-state index is 13.0. The maximum Gasteiger partial charge on any atom is 0.408 e. The smallest absolute Gasteiger partial charge is 0.408 e. The fraction of sp³-hybridized carbons (Fsp3) is 0.833. The first-order valence-corrected chi connectivity index (χ1v) is 15.7. The third kappa shape index (κ3) is 23.3. The zero-order chi connectivity index (χ0) is 36.5. The molecule has 0 aromatic heterocycles. The number of carbonyl (C=O) groups is 5. The Kier molecular flexibility index (Phi) is 27.9. The fourth-order valence-corrected chi connectivity index (χ4v) is 3.34. The number of nitrogens with one attached hydrogen (secondary N) is 3. The number of carboxylic acid groups (broad SMARTS) is 1. The average Bonchev–Trinajstić information content (AvgIpc) is 2.97. The van der Waals surface area contributed by atoms with Crippen molar-refractivity contribution in [2.75, 3.05) is 20.2 Å². The molecule has 0 fully saturated rings. The van der Waals surface area contributed by atoms with Crippen LogP contribution in [0.25, 0.3) is 0 Å². The van der Waals surface area contributed by atoms with Crippen LogP contribution in [0.3, 0.4) is 0 Å². The second-order valence-corrected chi connectivity index (χ2v) is 11.5. The molecule has 0 aliphatic carbocycles. The van der Waals surface area contributed by atoms with Crippen LogP contribution in [0, 0.1) is 0 Å². The van der Waals surface area contributed by atoms with Gasteiger partial charge in [-0.1, -0.05) is 40.5 Å². The Morgan fingerprint density at radius 2 is 1.22 bits per heavy atom. The Balaban J connectivity index is -0.00000283. The molecule has 0 rings (SSSR count). The number of aliphatic hydroxyl groups is 4. The van der Waals surface area contributed by atoms with E-state index in [9.17, 15) is 44.4 Å². The summed E-state index contributed by atoms with van der Waals surface area (Å²) in [5.74, 6) is -4.32. The van der Waals surface area contributed by atoms with Crippen molar-refractivity contribution >= 4 is 29.8 Å². The first-order valence-electron chi connectivity index (χ1n) is 15.7. The number of hydrogen-bond acceptors (Lipinski definition) is 12. The zero-order valence-corrected chi connectivity index (χ0v) is 28.7. The summed E-state index contributed by atoms with van der Waals surface area (Å²) < 4.78 is 9.96. The minimum absolute atomic E-state index is 0.0618. The number of alkyl carbamates (subject to hydrolysis) is 1. The van der Waals surface area contributed by atoms with Crippen LogP contribution in [0.1, 0.15) is 99.8 Å². The number of aliphatic carboxylic acids is 1. The van der Waals surface area contributed by atoms with Crippen molar-refractivity contribution in [3.05, 3.63) is 0 Å². The van der Waals surface area contributed by atoms with Gasteiger partial charge in [-0.3, -0.25) is 9.59 Å². The number of carboxylic acids is 1. The molecule has 46 heavy (non-hydrogen) atoms. The van der Waals surface area contributed by atoms with Crippen LogP contribution < -0.4 is 21.7 Å². The number of nitrogens with two attached hydrogens (primary N) is 1. The van der Waals surface area contributed by atoms with Gasteiger partial charge in [0.05, 0.1) is 7.11 Å². The first-order chi connectivity index (χ1) is 21.4. The zero-order valence-electron chi connectivity index (χ0n) is 28.7. The van der Waals surface area contributed by atoms with E-state index in [4.69, 9.17) is 20.3 Å². The highest BCUT2D eigenvalue weighted by atomic mass is 16.6. The highest BCUT2D eigenvalue weighted by Crippen LogP contribution is 2.10. The Morgan fingerprint density at radius 1 is 0.739 bits per heavy atom. The van der Waals surface area contributed by atoms with Gasteiger partial charge in [0.15, 0.2) is 12.2 Å². The monoisotopic (exact) mass is 668 g/mol. The predicted octanol–water partition coefficient (Wildman–Crippen LogP) is 0.314. The van der Waals surface area contributed by atoms with Gasteiger partial charge in [-0.15, -0.1) is 0 Å². The minimum Gasteiger partial charge on any atom is -0.479 e. The van der Waals surface area contributed by atoms with Crippen molar-refractivity contribution in [2.45, 2.75) is 142 Å². The molecule has 16 nitrogen and oxygen atoms in total. The van der Waals surface area contributed by atoms with Gasteiger partial charge in [0.1, 0.15) is 29.9 Å². The van der Waals surface area contributed by atoms with Gasteiger partial charge < -0.3 is 56.7 Å². The lowest BCUT2D eigenvalue weighted by Gasteiger charge is -2.25. The lowest BCUT2D eigenvalue weighted by molar-refractivity contribution is -0.166. The van der Waals surface area contributed by atoms with E-state index in [-0.39, 0.29) is 32.2 Å². The second-order valence-electron chi connectivity index (χ2n) is 11.5. The third-order valence-electron chi connectivity index (χ3n) is 5.49. The molecule has 0 aliphatic heterocycles. The number of carbonyl (C=O) groups excluding carboxylic acids is 4. The van der Waals surface area contributed by atoms with E-state index in [0.29, 0.717) is 19.4 Å². The summed E-state index contributed by atoms with van der Waals surface area (Å²) in [4.78, 5) is 60.2. The summed E-state index contributed by atoms with van der Waals surface area (Å²) in [7, 11) is 1.18. The standard InChI is InChI=1S/C24H44N4O12.2C3H8/c1-24(2,3)40-23(38)28-13(19(33)27-14(22(37)39-4)10-5-7-11-25)9-6-8-12-26-20(34)17(31)15(29)16(30)18(32)21(35)36;2*1-3-2/h13-18,29-32H,5-12,25H2,1-4H3,(H,26,34)(H,27,33)(H,28,38)(H,35,36);2*3H2,1-2H3/t13?,14-,15-,16+,17+,18-;;/m0../s1. The number of unbranched alkanes of at least 4 members (excludes halogenated alkanes) is 2. The molecule has 272 valence electrons. The molecule has 6 atom stereocenters. The summed E-state index contributed by atoms with van der Waals surface area (Å²) in [5.41, 5.74) is 4.64. The Bertz CT molecular complexity index is 867. The maximum absolute atomic E-state index is 13.0. The van der Waals surface area contributed by atoms with E-state index in [2.05, 4.69) is 43.6 Å². The molecule has 0 heterocycles. The van der Waals surface area contributed by atoms with Crippen molar-refractivity contribution in [3.63, 3.8) is 0 Å². The molecule has 0 aliphatic rings. The summed E-state index contributed by atoms with van der Waals surface area (Å²) in [6.07, 6.45) is -5.62. The molecule has 3 amide bonds. The number of hydrogen-bond donors (Lipinski definition) is 9. The van der Waals surface area contributed by atoms with Crippen molar-refractivity contribution in [3.8, 4) is 0 Å². The van der Waals surface area contributed by atoms with Gasteiger partial charge in [-0.2, -0.15) is 0 Å². The topological polar surface area (TPSA) is 267 Å². The van der Waals surface area contributed by atoms with Gasteiger partial charge >= 0.3 is 18.0 Å². The van der Waals surface area contributed by atoms with E-state index in [1.54, 1.807) is 20.8 Å². The SMILES string of the molecule is CCC.CCC.COC(=O)[C@H](CCCCN)NC(=O)C(CCCCNC(=O)[C@H](O)[C@@H](O)[C@@H](O)[C@H](O)C(=O)O)NC(=O)OC(C)(C)C. The van der Waals surface area contributed by atoms with E-state index >= 15 is 0 Å². The molecule has 0 saturated heterocycles. The van der Waals surface area contributed by atoms with Gasteiger partial charge in [-0.05, 0) is 65.8 Å². The fourth-order valence-electron chi connectivity index (χ4n) is 3.34. The Morgan fingerprint density at radius 3 is 1.67 bits per heavy atom. The molecule has 0 radical (unpaired) electrons. The molecule has 0 aromatic rings. The van der Waals surface area contributed by atoms with Crippen LogP contribution in [0.15, 0.2) is 0 Å². The molecule has 0 bridgehead atoms. The van der Waals surface area contributed by atoms with Crippen molar-refractivity contribution in [2.24, 2.45) is 5.73 Å². The van der Waals surface area contributed by atoms with Gasteiger partial charge in [0, 0.05) is 6.54 Å². The average molecular weight is 669 g/mol. The molecular formula is C30H60N4O12. The number of aliphatic hydroxyl groups excluding tert-OH is 4. The molecule has 16 heteroatoms. The van der Waals surface area contributed by atoms with E-state index in [1.807, 2.05) is 0 Å². The summed E-state index contributed by atoms with van der Waals surface area (Å²) >= 11 is 0. The molecule has 10 N–H and O–H groups in total. The summed E-state index contributed by atoms with van der Waals surface area (Å²) in [6, 6.07) is -2.08. The number of rotatable bonds is 18. The number of ether oxygens (including phenoxy) is 2. The summed E-state index contributed by atoms with van der Waals surface area (Å²) in [5, 5.41) is 54.4. The van der Waals surface area contributed by atoms with Gasteiger partial charge in [0.2, 0.25) is 5.91 Å². The molecule has 1 unspecified atom stereocenters. The molecular weight excluding hydrogens is 608 g/mol. The largest absolute Gasteiger partial charge is 0.479 e. The van der Waals surface area contributed by atoms with Crippen LogP contribution in [-0.2, 0) is 28.7 Å². The van der Waals surface area contributed by atoms with Crippen LogP contribution in [0.2, 0.25) is 0 Å². The molecule has 0 saturated carbocycles. The van der Waals surface area contributed by atoms with Crippen LogP contribution in [0.5, 0.6) is 0 Å².